The molecule has 0 radical (unpaired) electrons. The number of nitrogens with zero attached hydrogens (tertiary/aromatic N) is 5. The van der Waals surface area contributed by atoms with Crippen LogP contribution in [0.2, 0.25) is 0 Å². The lowest BCUT2D eigenvalue weighted by Crippen LogP contribution is -2.30. The van der Waals surface area contributed by atoms with Gasteiger partial charge in [0.15, 0.2) is 5.69 Å². The average Bonchev–Trinajstić information content (AvgIpc) is 2.49. The van der Waals surface area contributed by atoms with Crippen molar-refractivity contribution in [3.8, 4) is 16.9 Å². The fraction of sp³-hybridized carbons (Fsp3) is 0. The average molecular weight is 236 g/mol. The Hall–Kier alpha value is -2.69. The lowest BCUT2D eigenvalue weighted by molar-refractivity contribution is -0.599. The summed E-state index contributed by atoms with van der Waals surface area (Å²) in [5.41, 5.74) is 2.64. The van der Waals surface area contributed by atoms with Crippen molar-refractivity contribution < 1.29 is 4.57 Å². The van der Waals surface area contributed by atoms with Gasteiger partial charge in [0.2, 0.25) is 0 Å². The van der Waals surface area contributed by atoms with E-state index in [1.807, 2.05) is 35.0 Å². The number of pyridine rings is 1. The summed E-state index contributed by atoms with van der Waals surface area (Å²) in [7, 11) is 0. The molecular formula is C13H10N5+. The highest BCUT2D eigenvalue weighted by molar-refractivity contribution is 5.58. The molecule has 0 spiro atoms. The molecule has 0 aromatic carbocycles. The second-order valence-electron chi connectivity index (χ2n) is 3.70. The van der Waals surface area contributed by atoms with Crippen LogP contribution in [0, 0.1) is 0 Å². The van der Waals surface area contributed by atoms with Crippen molar-refractivity contribution in [1.82, 2.24) is 20.2 Å². The van der Waals surface area contributed by atoms with Crippen LogP contribution in [-0.4, -0.2) is 20.2 Å². The van der Waals surface area contributed by atoms with E-state index in [2.05, 4.69) is 20.2 Å². The van der Waals surface area contributed by atoms with Gasteiger partial charge in [-0.25, -0.2) is 4.57 Å². The van der Waals surface area contributed by atoms with E-state index in [4.69, 9.17) is 0 Å². The number of rotatable bonds is 2. The Labute approximate surface area is 104 Å². The molecule has 0 aliphatic heterocycles. The molecule has 0 saturated heterocycles. The Balaban J connectivity index is 2.05. The summed E-state index contributed by atoms with van der Waals surface area (Å²) in [6.45, 7) is 0. The molecule has 86 valence electrons. The SMILES string of the molecule is c1cncc(-c2cc(-[n+]3cccnc3)cnn2)c1. The van der Waals surface area contributed by atoms with Gasteiger partial charge in [-0.3, -0.25) is 4.98 Å². The maximum atomic E-state index is 4.11. The summed E-state index contributed by atoms with van der Waals surface area (Å²) in [6, 6.07) is 7.64. The minimum atomic E-state index is 0.789. The summed E-state index contributed by atoms with van der Waals surface area (Å²) in [4.78, 5) is 8.14. The highest BCUT2D eigenvalue weighted by Crippen LogP contribution is 2.14. The molecule has 0 fully saturated rings. The summed E-state index contributed by atoms with van der Waals surface area (Å²) in [5, 5.41) is 8.12. The molecule has 0 saturated carbocycles. The van der Waals surface area contributed by atoms with Crippen molar-refractivity contribution in [3.63, 3.8) is 0 Å². The fourth-order valence-corrected chi connectivity index (χ4v) is 1.64. The number of hydrogen-bond acceptors (Lipinski definition) is 4. The standard InChI is InChI=1S/C13H10N5/c1-3-11(8-14-4-1)13-7-12(9-16-17-13)18-6-2-5-15-10-18/h1-10H/q+1. The van der Waals surface area contributed by atoms with E-state index in [1.165, 1.54) is 0 Å². The van der Waals surface area contributed by atoms with Crippen LogP contribution < -0.4 is 4.57 Å². The van der Waals surface area contributed by atoms with Gasteiger partial charge < -0.3 is 0 Å². The molecule has 3 aromatic heterocycles. The number of aromatic nitrogens is 5. The molecule has 0 bridgehead atoms. The third kappa shape index (κ3) is 2.06. The van der Waals surface area contributed by atoms with E-state index in [0.29, 0.717) is 0 Å². The molecule has 0 unspecified atom stereocenters. The van der Waals surface area contributed by atoms with E-state index in [0.717, 1.165) is 16.9 Å². The third-order valence-electron chi connectivity index (χ3n) is 2.51. The predicted octanol–water partition coefficient (Wildman–Crippen LogP) is 1.21. The minimum absolute atomic E-state index is 0.789. The Morgan fingerprint density at radius 1 is 1.00 bits per heavy atom. The Morgan fingerprint density at radius 2 is 1.94 bits per heavy atom. The first kappa shape index (κ1) is 10.5. The second-order valence-corrected chi connectivity index (χ2v) is 3.70. The summed E-state index contributed by atoms with van der Waals surface area (Å²) in [5.74, 6) is 0. The quantitative estimate of drug-likeness (QED) is 0.627. The molecule has 0 amide bonds. The normalized spacial score (nSPS) is 10.2. The lowest BCUT2D eigenvalue weighted by Gasteiger charge is -2.01. The van der Waals surface area contributed by atoms with E-state index < -0.39 is 0 Å². The van der Waals surface area contributed by atoms with Gasteiger partial charge in [0.1, 0.15) is 6.20 Å². The van der Waals surface area contributed by atoms with Crippen LogP contribution in [0.1, 0.15) is 0 Å². The van der Waals surface area contributed by atoms with Crippen molar-refractivity contribution in [2.75, 3.05) is 0 Å². The van der Waals surface area contributed by atoms with E-state index in [9.17, 15) is 0 Å². The molecule has 0 aliphatic rings. The van der Waals surface area contributed by atoms with E-state index in [-0.39, 0.29) is 0 Å². The summed E-state index contributed by atoms with van der Waals surface area (Å²) in [6.07, 6.45) is 10.6. The Bertz CT molecular complexity index is 585. The van der Waals surface area contributed by atoms with Crippen LogP contribution in [0.3, 0.4) is 0 Å². The topological polar surface area (TPSA) is 55.4 Å². The monoisotopic (exact) mass is 236 g/mol. The molecule has 5 heteroatoms. The van der Waals surface area contributed by atoms with Gasteiger partial charge in [-0.15, -0.1) is 0 Å². The van der Waals surface area contributed by atoms with Crippen LogP contribution in [-0.2, 0) is 0 Å². The smallest absolute Gasteiger partial charge is 0.264 e. The molecule has 3 heterocycles. The fourth-order valence-electron chi connectivity index (χ4n) is 1.64. The van der Waals surface area contributed by atoms with Crippen LogP contribution in [0.25, 0.3) is 16.9 Å². The first-order valence-electron chi connectivity index (χ1n) is 5.48. The second kappa shape index (κ2) is 4.67. The van der Waals surface area contributed by atoms with Gasteiger partial charge in [-0.1, -0.05) is 4.98 Å². The zero-order valence-corrected chi connectivity index (χ0v) is 9.51. The zero-order valence-electron chi connectivity index (χ0n) is 9.51. The summed E-state index contributed by atoms with van der Waals surface area (Å²) < 4.78 is 1.88. The van der Waals surface area contributed by atoms with E-state index >= 15 is 0 Å². The van der Waals surface area contributed by atoms with Gasteiger partial charge in [0, 0.05) is 30.1 Å². The zero-order chi connectivity index (χ0) is 12.2. The van der Waals surface area contributed by atoms with Crippen molar-refractivity contribution in [3.05, 3.63) is 61.6 Å². The van der Waals surface area contributed by atoms with Crippen molar-refractivity contribution in [2.24, 2.45) is 0 Å². The molecule has 0 atom stereocenters. The van der Waals surface area contributed by atoms with Gasteiger partial charge >= 0.3 is 0 Å². The first-order chi connectivity index (χ1) is 8.93. The van der Waals surface area contributed by atoms with Crippen LogP contribution in [0.4, 0.5) is 0 Å². The molecule has 0 aliphatic carbocycles. The predicted molar refractivity (Wildman–Crippen MR) is 64.6 cm³/mol. The summed E-state index contributed by atoms with van der Waals surface area (Å²) >= 11 is 0. The van der Waals surface area contributed by atoms with Gasteiger partial charge in [-0.05, 0) is 12.1 Å². The first-order valence-corrected chi connectivity index (χ1v) is 5.48. The third-order valence-corrected chi connectivity index (χ3v) is 2.51. The van der Waals surface area contributed by atoms with Gasteiger partial charge in [0.25, 0.3) is 6.33 Å². The molecule has 18 heavy (non-hydrogen) atoms. The van der Waals surface area contributed by atoms with E-state index in [1.54, 1.807) is 31.1 Å². The van der Waals surface area contributed by atoms with Gasteiger partial charge in [0.05, 0.1) is 18.1 Å². The van der Waals surface area contributed by atoms with Gasteiger partial charge in [-0.2, -0.15) is 10.2 Å². The Morgan fingerprint density at radius 3 is 2.72 bits per heavy atom. The van der Waals surface area contributed by atoms with Crippen molar-refractivity contribution in [2.45, 2.75) is 0 Å². The largest absolute Gasteiger partial charge is 0.291 e. The molecule has 3 aromatic rings. The Kier molecular flexibility index (Phi) is 2.71. The molecule has 3 rings (SSSR count). The van der Waals surface area contributed by atoms with Crippen molar-refractivity contribution in [1.29, 1.82) is 0 Å². The number of hydrogen-bond donors (Lipinski definition) is 0. The molecule has 5 nitrogen and oxygen atoms in total. The minimum Gasteiger partial charge on any atom is -0.264 e. The molecule has 0 N–H and O–H groups in total. The van der Waals surface area contributed by atoms with Crippen LogP contribution in [0.5, 0.6) is 0 Å². The highest BCUT2D eigenvalue weighted by atomic mass is 15.1. The van der Waals surface area contributed by atoms with Crippen LogP contribution in [0.15, 0.2) is 61.6 Å². The maximum absolute atomic E-state index is 4.11. The lowest BCUT2D eigenvalue weighted by atomic mass is 10.2. The highest BCUT2D eigenvalue weighted by Gasteiger charge is 2.06. The van der Waals surface area contributed by atoms with Crippen LogP contribution >= 0.6 is 0 Å². The molecular weight excluding hydrogens is 226 g/mol. The maximum Gasteiger partial charge on any atom is 0.291 e. The van der Waals surface area contributed by atoms with Crippen molar-refractivity contribution >= 4 is 0 Å².